The molecule has 0 bridgehead atoms. The summed E-state index contributed by atoms with van der Waals surface area (Å²) in [6, 6.07) is 8.53. The molecule has 1 atom stereocenters. The van der Waals surface area contributed by atoms with Crippen molar-refractivity contribution in [3.63, 3.8) is 0 Å². The molecular formula is C8H12BrP. The average molecular weight is 219 g/mol. The van der Waals surface area contributed by atoms with E-state index in [-0.39, 0.29) is 17.0 Å². The maximum absolute atomic E-state index is 2.19. The lowest BCUT2D eigenvalue weighted by Crippen LogP contribution is -3.00. The molecule has 1 unspecified atom stereocenters. The molecule has 0 amide bonds. The van der Waals surface area contributed by atoms with Crippen LogP contribution in [0.25, 0.3) is 0 Å². The van der Waals surface area contributed by atoms with E-state index < -0.39 is 0 Å². The van der Waals surface area contributed by atoms with E-state index >= 15 is 0 Å². The fourth-order valence-electron chi connectivity index (χ4n) is 0.902. The summed E-state index contributed by atoms with van der Waals surface area (Å²) < 4.78 is 0. The second-order valence-corrected chi connectivity index (χ2v) is 2.88. The third-order valence-corrected chi connectivity index (χ3v) is 2.19. The SMILES string of the molecule is CCc1ccccc1[PH3+].[Br-]. The fourth-order valence-corrected chi connectivity index (χ4v) is 1.41. The number of aryl methyl sites for hydroxylation is 1. The Hall–Kier alpha value is 0.130. The highest BCUT2D eigenvalue weighted by Crippen LogP contribution is 1.99. The molecule has 1 rings (SSSR count). The van der Waals surface area contributed by atoms with Crippen molar-refractivity contribution in [3.8, 4) is 0 Å². The molecule has 0 saturated heterocycles. The molecule has 0 aliphatic heterocycles. The first-order valence-corrected chi connectivity index (χ1v) is 3.95. The van der Waals surface area contributed by atoms with Gasteiger partial charge in [-0.15, -0.1) is 0 Å². The van der Waals surface area contributed by atoms with Crippen molar-refractivity contribution in [3.05, 3.63) is 29.8 Å². The number of hydrogen-bond acceptors (Lipinski definition) is 0. The van der Waals surface area contributed by atoms with Gasteiger partial charge in [0.05, 0.1) is 5.30 Å². The number of hydrogen-bond donors (Lipinski definition) is 0. The molecular weight excluding hydrogens is 207 g/mol. The van der Waals surface area contributed by atoms with Gasteiger partial charge in [-0.05, 0) is 18.1 Å². The maximum atomic E-state index is 2.19. The van der Waals surface area contributed by atoms with Gasteiger partial charge in [-0.3, -0.25) is 0 Å². The minimum atomic E-state index is 0. The third kappa shape index (κ3) is 2.40. The van der Waals surface area contributed by atoms with Crippen LogP contribution in [-0.2, 0) is 6.42 Å². The highest BCUT2D eigenvalue weighted by molar-refractivity contribution is 7.27. The smallest absolute Gasteiger partial charge is 0.0896 e. The molecule has 0 nitrogen and oxygen atoms in total. The zero-order chi connectivity index (χ0) is 6.69. The largest absolute Gasteiger partial charge is 1.00 e. The van der Waals surface area contributed by atoms with E-state index in [0.29, 0.717) is 0 Å². The maximum Gasteiger partial charge on any atom is 0.0896 e. The summed E-state index contributed by atoms with van der Waals surface area (Å²) in [7, 11) is 1.96. The van der Waals surface area contributed by atoms with Crippen molar-refractivity contribution < 1.29 is 17.0 Å². The second-order valence-electron chi connectivity index (χ2n) is 2.12. The van der Waals surface area contributed by atoms with Crippen LogP contribution < -0.4 is 22.3 Å². The van der Waals surface area contributed by atoms with Crippen molar-refractivity contribution in [2.45, 2.75) is 13.3 Å². The van der Waals surface area contributed by atoms with Gasteiger partial charge in [0.2, 0.25) is 0 Å². The Balaban J connectivity index is 0.000000810. The van der Waals surface area contributed by atoms with Crippen molar-refractivity contribution >= 4 is 14.5 Å². The Morgan fingerprint density at radius 1 is 1.30 bits per heavy atom. The monoisotopic (exact) mass is 218 g/mol. The van der Waals surface area contributed by atoms with E-state index in [1.165, 1.54) is 10.9 Å². The summed E-state index contributed by atoms with van der Waals surface area (Å²) in [6.45, 7) is 2.19. The standard InChI is InChI=1S/C8H11P.BrH/c1-2-7-5-3-4-6-8(7)9;/h3-6H,2,9H2,1H3;1H. The zero-order valence-electron chi connectivity index (χ0n) is 6.10. The van der Waals surface area contributed by atoms with Gasteiger partial charge in [0.15, 0.2) is 0 Å². The predicted molar refractivity (Wildman–Crippen MR) is 46.6 cm³/mol. The number of benzene rings is 1. The van der Waals surface area contributed by atoms with Crippen LogP contribution in [0.2, 0.25) is 0 Å². The summed E-state index contributed by atoms with van der Waals surface area (Å²) in [6.07, 6.45) is 1.15. The minimum Gasteiger partial charge on any atom is -1.00 e. The van der Waals surface area contributed by atoms with Crippen molar-refractivity contribution in [1.29, 1.82) is 0 Å². The molecule has 2 heteroatoms. The lowest BCUT2D eigenvalue weighted by Gasteiger charge is -1.93. The van der Waals surface area contributed by atoms with Gasteiger partial charge in [0, 0.05) is 9.24 Å². The lowest BCUT2D eigenvalue weighted by atomic mass is 10.2. The lowest BCUT2D eigenvalue weighted by molar-refractivity contribution is -0.00000176. The summed E-state index contributed by atoms with van der Waals surface area (Å²) >= 11 is 0. The van der Waals surface area contributed by atoms with Crippen molar-refractivity contribution in [1.82, 2.24) is 0 Å². The van der Waals surface area contributed by atoms with Gasteiger partial charge >= 0.3 is 0 Å². The van der Waals surface area contributed by atoms with Crippen molar-refractivity contribution in [2.75, 3.05) is 0 Å². The van der Waals surface area contributed by atoms with Crippen LogP contribution in [0.5, 0.6) is 0 Å². The van der Waals surface area contributed by atoms with E-state index in [1.54, 1.807) is 0 Å². The van der Waals surface area contributed by atoms with Crippen molar-refractivity contribution in [2.24, 2.45) is 0 Å². The van der Waals surface area contributed by atoms with Gasteiger partial charge < -0.3 is 17.0 Å². The molecule has 0 aliphatic carbocycles. The second kappa shape index (κ2) is 4.87. The highest BCUT2D eigenvalue weighted by atomic mass is 79.9. The molecule has 0 heterocycles. The van der Waals surface area contributed by atoms with E-state index in [2.05, 4.69) is 31.2 Å². The van der Waals surface area contributed by atoms with Gasteiger partial charge in [0.1, 0.15) is 0 Å². The Labute approximate surface area is 75.0 Å². The quantitative estimate of drug-likeness (QED) is 0.503. The summed E-state index contributed by atoms with van der Waals surface area (Å²) in [5.74, 6) is 0. The summed E-state index contributed by atoms with van der Waals surface area (Å²) in [5.41, 5.74) is 1.47. The fraction of sp³-hybridized carbons (Fsp3) is 0.250. The number of halogens is 1. The van der Waals surface area contributed by atoms with E-state index in [1.807, 2.05) is 9.24 Å². The molecule has 0 aromatic heterocycles. The first-order valence-electron chi connectivity index (χ1n) is 3.24. The number of rotatable bonds is 1. The van der Waals surface area contributed by atoms with Gasteiger partial charge in [-0.25, -0.2) is 0 Å². The van der Waals surface area contributed by atoms with E-state index in [0.717, 1.165) is 6.42 Å². The van der Waals surface area contributed by atoms with Crippen LogP contribution in [0.4, 0.5) is 0 Å². The Morgan fingerprint density at radius 3 is 2.30 bits per heavy atom. The molecule has 0 saturated carbocycles. The molecule has 0 radical (unpaired) electrons. The Morgan fingerprint density at radius 2 is 1.90 bits per heavy atom. The minimum absolute atomic E-state index is 0. The van der Waals surface area contributed by atoms with Crippen LogP contribution in [0.1, 0.15) is 12.5 Å². The van der Waals surface area contributed by atoms with Crippen LogP contribution in [0.15, 0.2) is 24.3 Å². The topological polar surface area (TPSA) is 0 Å². The first kappa shape index (κ1) is 10.1. The Bertz CT molecular complexity index is 198. The molecule has 10 heavy (non-hydrogen) atoms. The van der Waals surface area contributed by atoms with Gasteiger partial charge in [0.25, 0.3) is 0 Å². The zero-order valence-corrected chi connectivity index (χ0v) is 9.10. The first-order chi connectivity index (χ1) is 4.34. The third-order valence-electron chi connectivity index (χ3n) is 1.50. The van der Waals surface area contributed by atoms with E-state index in [4.69, 9.17) is 0 Å². The summed E-state index contributed by atoms with van der Waals surface area (Å²) in [5, 5.41) is 1.43. The highest BCUT2D eigenvalue weighted by Gasteiger charge is 1.94. The van der Waals surface area contributed by atoms with Crippen LogP contribution in [0, 0.1) is 0 Å². The molecule has 0 spiro atoms. The Kier molecular flexibility index (Phi) is 4.93. The van der Waals surface area contributed by atoms with E-state index in [9.17, 15) is 0 Å². The van der Waals surface area contributed by atoms with Crippen LogP contribution in [0.3, 0.4) is 0 Å². The van der Waals surface area contributed by atoms with Gasteiger partial charge in [-0.2, -0.15) is 0 Å². The van der Waals surface area contributed by atoms with Gasteiger partial charge in [-0.1, -0.05) is 25.1 Å². The molecule has 0 N–H and O–H groups in total. The molecule has 56 valence electrons. The molecule has 0 fully saturated rings. The molecule has 0 aliphatic rings. The average Bonchev–Trinajstić information content (AvgIpc) is 1.89. The normalized spacial score (nSPS) is 8.90. The molecule has 1 aromatic rings. The predicted octanol–water partition coefficient (Wildman–Crippen LogP) is -1.51. The van der Waals surface area contributed by atoms with Crippen LogP contribution in [-0.4, -0.2) is 0 Å². The van der Waals surface area contributed by atoms with Crippen LogP contribution >= 0.6 is 9.24 Å². The summed E-state index contributed by atoms with van der Waals surface area (Å²) in [4.78, 5) is 0. The molecule has 1 aromatic carbocycles.